The second-order valence-corrected chi connectivity index (χ2v) is 5.68. The molecule has 1 heterocycles. The second kappa shape index (κ2) is 6.01. The Hall–Kier alpha value is -2.27. The van der Waals surface area contributed by atoms with Gasteiger partial charge in [-0.15, -0.1) is 0 Å². The molecule has 2 N–H and O–H groups in total. The lowest BCUT2D eigenvalue weighted by Gasteiger charge is -2.08. The summed E-state index contributed by atoms with van der Waals surface area (Å²) in [6, 6.07) is 18.1. The van der Waals surface area contributed by atoms with Gasteiger partial charge in [-0.3, -0.25) is 9.36 Å². The molecule has 1 aromatic heterocycles. The quantitative estimate of drug-likeness (QED) is 0.736. The van der Waals surface area contributed by atoms with Crippen LogP contribution in [0.1, 0.15) is 6.42 Å². The maximum atomic E-state index is 10.9. The van der Waals surface area contributed by atoms with E-state index < -0.39 is 0 Å². The summed E-state index contributed by atoms with van der Waals surface area (Å²) in [5, 5.41) is 0.878. The summed E-state index contributed by atoms with van der Waals surface area (Å²) >= 11 is 1.55. The second-order valence-electron chi connectivity index (χ2n) is 4.62. The minimum Gasteiger partial charge on any atom is -0.370 e. The van der Waals surface area contributed by atoms with Crippen LogP contribution in [0.15, 0.2) is 59.8 Å². The zero-order valence-electron chi connectivity index (χ0n) is 11.4. The van der Waals surface area contributed by atoms with E-state index in [1.165, 1.54) is 0 Å². The average molecular weight is 297 g/mol. The maximum Gasteiger partial charge on any atom is 0.218 e. The van der Waals surface area contributed by atoms with Gasteiger partial charge in [-0.2, -0.15) is 0 Å². The van der Waals surface area contributed by atoms with E-state index >= 15 is 0 Å². The molecule has 0 saturated carbocycles. The monoisotopic (exact) mass is 297 g/mol. The van der Waals surface area contributed by atoms with E-state index in [1.54, 1.807) is 11.8 Å². The molecule has 0 spiro atoms. The molecule has 5 heteroatoms. The number of fused-ring (bicyclic) bond motifs is 1. The Morgan fingerprint density at radius 2 is 1.81 bits per heavy atom. The number of nitrogens with zero attached hydrogens (tertiary/aromatic N) is 2. The molecule has 106 valence electrons. The fourth-order valence-electron chi connectivity index (χ4n) is 2.17. The first-order valence-corrected chi connectivity index (χ1v) is 7.68. The number of carbonyl (C=O) groups is 1. The number of primary amides is 1. The van der Waals surface area contributed by atoms with E-state index in [-0.39, 0.29) is 5.91 Å². The number of hydrogen-bond acceptors (Lipinski definition) is 3. The number of rotatable bonds is 5. The molecule has 0 atom stereocenters. The van der Waals surface area contributed by atoms with Crippen molar-refractivity contribution in [2.75, 3.05) is 5.75 Å². The lowest BCUT2D eigenvalue weighted by Crippen LogP contribution is -2.11. The van der Waals surface area contributed by atoms with E-state index in [9.17, 15) is 4.79 Å². The lowest BCUT2D eigenvalue weighted by atomic mass is 10.3. The normalized spacial score (nSPS) is 10.9. The molecule has 3 rings (SSSR count). The molecule has 0 aliphatic rings. The van der Waals surface area contributed by atoms with E-state index in [0.717, 1.165) is 21.9 Å². The van der Waals surface area contributed by atoms with Crippen LogP contribution >= 0.6 is 11.8 Å². The Morgan fingerprint density at radius 3 is 2.57 bits per heavy atom. The molecule has 21 heavy (non-hydrogen) atoms. The van der Waals surface area contributed by atoms with Crippen molar-refractivity contribution in [3.8, 4) is 5.69 Å². The Labute approximate surface area is 127 Å². The van der Waals surface area contributed by atoms with E-state index in [4.69, 9.17) is 5.73 Å². The third kappa shape index (κ3) is 2.92. The molecule has 3 aromatic rings. The molecule has 0 aliphatic carbocycles. The van der Waals surface area contributed by atoms with Gasteiger partial charge in [0.25, 0.3) is 0 Å². The first kappa shape index (κ1) is 13.7. The first-order valence-electron chi connectivity index (χ1n) is 6.70. The van der Waals surface area contributed by atoms with E-state index in [0.29, 0.717) is 12.2 Å². The molecule has 0 aliphatic heterocycles. The highest BCUT2D eigenvalue weighted by molar-refractivity contribution is 7.99. The fourth-order valence-corrected chi connectivity index (χ4v) is 3.15. The smallest absolute Gasteiger partial charge is 0.218 e. The van der Waals surface area contributed by atoms with Crippen LogP contribution in [0.2, 0.25) is 0 Å². The number of amides is 1. The van der Waals surface area contributed by atoms with Gasteiger partial charge in [0.1, 0.15) is 0 Å². The van der Waals surface area contributed by atoms with Gasteiger partial charge in [0.15, 0.2) is 5.16 Å². The summed E-state index contributed by atoms with van der Waals surface area (Å²) in [6.07, 6.45) is 0.350. The van der Waals surface area contributed by atoms with Gasteiger partial charge in [-0.05, 0) is 24.3 Å². The van der Waals surface area contributed by atoms with Gasteiger partial charge in [0, 0.05) is 17.9 Å². The molecule has 0 unspecified atom stereocenters. The van der Waals surface area contributed by atoms with Gasteiger partial charge in [0.05, 0.1) is 11.0 Å². The molecule has 0 saturated heterocycles. The third-order valence-corrected chi connectivity index (χ3v) is 4.06. The van der Waals surface area contributed by atoms with Crippen LogP contribution in [0.3, 0.4) is 0 Å². The van der Waals surface area contributed by atoms with Crippen LogP contribution in [0.25, 0.3) is 16.7 Å². The van der Waals surface area contributed by atoms with Crippen molar-refractivity contribution < 1.29 is 4.79 Å². The van der Waals surface area contributed by atoms with Crippen molar-refractivity contribution in [3.63, 3.8) is 0 Å². The summed E-state index contributed by atoms with van der Waals surface area (Å²) < 4.78 is 2.11. The van der Waals surface area contributed by atoms with Crippen LogP contribution in [0.5, 0.6) is 0 Å². The third-order valence-electron chi connectivity index (χ3n) is 3.12. The van der Waals surface area contributed by atoms with E-state index in [2.05, 4.69) is 9.55 Å². The summed E-state index contributed by atoms with van der Waals surface area (Å²) in [4.78, 5) is 15.6. The van der Waals surface area contributed by atoms with Crippen LogP contribution in [0.4, 0.5) is 0 Å². The van der Waals surface area contributed by atoms with Crippen molar-refractivity contribution in [1.29, 1.82) is 0 Å². The van der Waals surface area contributed by atoms with Crippen LogP contribution in [-0.2, 0) is 4.79 Å². The first-order chi connectivity index (χ1) is 10.3. The SMILES string of the molecule is NC(=O)CCSc1nc2ccccc2n1-c1ccccc1. The maximum absolute atomic E-state index is 10.9. The highest BCUT2D eigenvalue weighted by atomic mass is 32.2. The zero-order chi connectivity index (χ0) is 14.7. The Kier molecular flexibility index (Phi) is 3.92. The Bertz CT molecular complexity index is 768. The van der Waals surface area contributed by atoms with Crippen LogP contribution in [0, 0.1) is 0 Å². The van der Waals surface area contributed by atoms with Crippen LogP contribution in [-0.4, -0.2) is 21.2 Å². The molecule has 1 amide bonds. The number of para-hydroxylation sites is 3. The topological polar surface area (TPSA) is 60.9 Å². The van der Waals surface area contributed by atoms with Crippen molar-refractivity contribution in [2.24, 2.45) is 5.73 Å². The number of hydrogen-bond donors (Lipinski definition) is 1. The zero-order valence-corrected chi connectivity index (χ0v) is 12.2. The standard InChI is InChI=1S/C16H15N3OS/c17-15(20)10-11-21-16-18-13-8-4-5-9-14(13)19(16)12-6-2-1-3-7-12/h1-9H,10-11H2,(H2,17,20). The minimum absolute atomic E-state index is 0.287. The highest BCUT2D eigenvalue weighted by Crippen LogP contribution is 2.28. The largest absolute Gasteiger partial charge is 0.370 e. The Balaban J connectivity index is 2.04. The van der Waals surface area contributed by atoms with Gasteiger partial charge < -0.3 is 5.73 Å². The minimum atomic E-state index is -0.287. The number of thioether (sulfide) groups is 1. The average Bonchev–Trinajstić information content (AvgIpc) is 2.86. The number of carbonyl (C=O) groups excluding carboxylic acids is 1. The molecule has 0 fully saturated rings. The summed E-state index contributed by atoms with van der Waals surface area (Å²) in [5.41, 5.74) is 8.27. The van der Waals surface area contributed by atoms with Crippen molar-refractivity contribution >= 4 is 28.7 Å². The number of imidazole rings is 1. The van der Waals surface area contributed by atoms with Gasteiger partial charge in [-0.25, -0.2) is 4.98 Å². The molecular weight excluding hydrogens is 282 g/mol. The summed E-state index contributed by atoms with van der Waals surface area (Å²) in [7, 11) is 0. The molecule has 0 radical (unpaired) electrons. The molecular formula is C16H15N3OS. The van der Waals surface area contributed by atoms with E-state index in [1.807, 2.05) is 54.6 Å². The van der Waals surface area contributed by atoms with Crippen molar-refractivity contribution in [1.82, 2.24) is 9.55 Å². The van der Waals surface area contributed by atoms with Crippen molar-refractivity contribution in [2.45, 2.75) is 11.6 Å². The van der Waals surface area contributed by atoms with Gasteiger partial charge in [0.2, 0.25) is 5.91 Å². The number of benzene rings is 2. The fraction of sp³-hybridized carbons (Fsp3) is 0.125. The summed E-state index contributed by atoms with van der Waals surface area (Å²) in [6.45, 7) is 0. The molecule has 4 nitrogen and oxygen atoms in total. The van der Waals surface area contributed by atoms with Gasteiger partial charge >= 0.3 is 0 Å². The summed E-state index contributed by atoms with van der Waals surface area (Å²) in [5.74, 6) is 0.343. The van der Waals surface area contributed by atoms with Crippen molar-refractivity contribution in [3.05, 3.63) is 54.6 Å². The van der Waals surface area contributed by atoms with Crippen LogP contribution < -0.4 is 5.73 Å². The molecule has 0 bridgehead atoms. The van der Waals surface area contributed by atoms with Gasteiger partial charge in [-0.1, -0.05) is 42.1 Å². The number of aromatic nitrogens is 2. The number of nitrogens with two attached hydrogens (primary N) is 1. The molecule has 2 aromatic carbocycles. The highest BCUT2D eigenvalue weighted by Gasteiger charge is 2.12. The predicted molar refractivity (Wildman–Crippen MR) is 85.6 cm³/mol. The lowest BCUT2D eigenvalue weighted by molar-refractivity contribution is -0.117. The Morgan fingerprint density at radius 1 is 1.10 bits per heavy atom. The predicted octanol–water partition coefficient (Wildman–Crippen LogP) is 2.99.